The summed E-state index contributed by atoms with van der Waals surface area (Å²) in [4.78, 5) is 46.7. The monoisotopic (exact) mass is 460 g/mol. The van der Waals surface area contributed by atoms with Crippen molar-refractivity contribution in [3.05, 3.63) is 16.8 Å². The first-order chi connectivity index (χ1) is 14.2. The lowest BCUT2D eigenvalue weighted by Crippen LogP contribution is -2.50. The maximum Gasteiger partial charge on any atom is 0.303 e. The van der Waals surface area contributed by atoms with E-state index >= 15 is 0 Å². The predicted molar refractivity (Wildman–Crippen MR) is 102 cm³/mol. The number of fused-ring (bicyclic) bond motifs is 1. The maximum absolute atomic E-state index is 11.7. The van der Waals surface area contributed by atoms with E-state index in [-0.39, 0.29) is 34.6 Å². The van der Waals surface area contributed by atoms with Gasteiger partial charge in [0.1, 0.15) is 18.2 Å². The van der Waals surface area contributed by atoms with Crippen LogP contribution in [0.2, 0.25) is 10.4 Å². The Balaban J connectivity index is 2.04. The Labute approximate surface area is 180 Å². The summed E-state index contributed by atoms with van der Waals surface area (Å²) < 4.78 is 23.3. The number of imidazole rings is 1. The third-order valence-electron chi connectivity index (χ3n) is 4.19. The average Bonchev–Trinajstić information content (AvgIpc) is 3.04. The van der Waals surface area contributed by atoms with Crippen LogP contribution in [0.3, 0.4) is 0 Å². The topological polar surface area (TPSA) is 132 Å². The van der Waals surface area contributed by atoms with E-state index in [1.807, 2.05) is 0 Å². The van der Waals surface area contributed by atoms with E-state index in [1.165, 1.54) is 31.7 Å². The van der Waals surface area contributed by atoms with Gasteiger partial charge in [-0.05, 0) is 11.6 Å². The first kappa shape index (κ1) is 22.2. The lowest BCUT2D eigenvalue weighted by molar-refractivity contribution is -0.229. The molecule has 162 valence electrons. The van der Waals surface area contributed by atoms with Crippen LogP contribution in [0.5, 0.6) is 0 Å². The van der Waals surface area contributed by atoms with Gasteiger partial charge in [-0.2, -0.15) is 4.98 Å². The quantitative estimate of drug-likeness (QED) is 0.281. The molecular weight excluding hydrogens is 443 g/mol. The maximum atomic E-state index is 11.7. The van der Waals surface area contributed by atoms with Gasteiger partial charge in [0.15, 0.2) is 23.1 Å². The van der Waals surface area contributed by atoms with Gasteiger partial charge in [0.25, 0.3) is 0 Å². The van der Waals surface area contributed by atoms with Crippen molar-refractivity contribution < 1.29 is 33.3 Å². The van der Waals surface area contributed by atoms with E-state index in [0.717, 1.165) is 0 Å². The number of hydrogen-bond donors (Lipinski definition) is 0. The highest BCUT2D eigenvalue weighted by Gasteiger charge is 2.45. The number of nitrogens with zero attached hydrogens (tertiary/aromatic N) is 4. The number of carbonyl (C=O) groups is 3. The van der Waals surface area contributed by atoms with E-state index in [2.05, 4.69) is 15.0 Å². The fourth-order valence-corrected chi connectivity index (χ4v) is 3.57. The van der Waals surface area contributed by atoms with Gasteiger partial charge in [-0.3, -0.25) is 19.0 Å². The third kappa shape index (κ3) is 4.97. The van der Waals surface area contributed by atoms with Gasteiger partial charge >= 0.3 is 17.9 Å². The zero-order valence-corrected chi connectivity index (χ0v) is 17.7. The lowest BCUT2D eigenvalue weighted by atomic mass is 10.0. The second-order valence-corrected chi connectivity index (χ2v) is 7.21. The molecule has 30 heavy (non-hydrogen) atoms. The molecule has 4 atom stereocenters. The Hall–Kier alpha value is -2.50. The number of ether oxygens (including phenoxy) is 4. The molecule has 1 aliphatic heterocycles. The molecule has 0 radical (unpaired) electrons. The van der Waals surface area contributed by atoms with Crippen LogP contribution in [-0.4, -0.2) is 62.3 Å². The molecule has 0 bridgehead atoms. The van der Waals surface area contributed by atoms with E-state index in [0.29, 0.717) is 0 Å². The number of hydrogen-bond acceptors (Lipinski definition) is 10. The summed E-state index contributed by atoms with van der Waals surface area (Å²) in [7, 11) is 0. The Bertz CT molecular complexity index is 982. The number of carbonyl (C=O) groups excluding carboxylic acids is 3. The van der Waals surface area contributed by atoms with E-state index in [4.69, 9.17) is 42.1 Å². The van der Waals surface area contributed by atoms with Gasteiger partial charge in [0.2, 0.25) is 5.28 Å². The van der Waals surface area contributed by atoms with Crippen LogP contribution in [0.1, 0.15) is 33.4 Å². The van der Waals surface area contributed by atoms with Crippen LogP contribution >= 0.6 is 23.2 Å². The molecule has 3 unspecified atom stereocenters. The first-order valence-corrected chi connectivity index (χ1v) is 9.60. The highest BCUT2D eigenvalue weighted by molar-refractivity contribution is 6.35. The van der Waals surface area contributed by atoms with Crippen molar-refractivity contribution in [2.45, 2.75) is 51.7 Å². The smallest absolute Gasteiger partial charge is 0.303 e. The normalized spacial score (nSPS) is 23.8. The fourth-order valence-electron chi connectivity index (χ4n) is 3.15. The van der Waals surface area contributed by atoms with Crippen LogP contribution < -0.4 is 0 Å². The summed E-state index contributed by atoms with van der Waals surface area (Å²) >= 11 is 12.0. The van der Waals surface area contributed by atoms with Crippen LogP contribution in [0.4, 0.5) is 0 Å². The number of halogens is 2. The molecule has 1 saturated heterocycles. The molecule has 3 rings (SSSR count). The molecule has 0 aliphatic carbocycles. The van der Waals surface area contributed by atoms with Crippen LogP contribution in [0, 0.1) is 0 Å². The SMILES string of the molecule is CC(=O)OCC1CC(OC(C)=O)[C@@H](OC(C)=O)C(n2cnc3c(Cl)nc(Cl)nc32)O1. The minimum Gasteiger partial charge on any atom is -0.463 e. The van der Waals surface area contributed by atoms with E-state index in [9.17, 15) is 14.4 Å². The molecule has 0 N–H and O–H groups in total. The van der Waals surface area contributed by atoms with Crippen LogP contribution in [-0.2, 0) is 33.3 Å². The Morgan fingerprint density at radius 1 is 1.13 bits per heavy atom. The summed E-state index contributed by atoms with van der Waals surface area (Å²) in [5, 5.41) is -0.0984. The molecular formula is C17H18Cl2N4O7. The largest absolute Gasteiger partial charge is 0.463 e. The van der Waals surface area contributed by atoms with Gasteiger partial charge in [-0.1, -0.05) is 11.6 Å². The number of esters is 3. The summed E-state index contributed by atoms with van der Waals surface area (Å²) in [6.45, 7) is 3.61. The van der Waals surface area contributed by atoms with Crippen molar-refractivity contribution in [3.63, 3.8) is 0 Å². The van der Waals surface area contributed by atoms with E-state index < -0.39 is 42.4 Å². The number of aromatic nitrogens is 4. The van der Waals surface area contributed by atoms with Crippen molar-refractivity contribution in [2.75, 3.05) is 6.61 Å². The Morgan fingerprint density at radius 3 is 2.47 bits per heavy atom. The molecule has 2 aromatic rings. The fraction of sp³-hybridized carbons (Fsp3) is 0.529. The highest BCUT2D eigenvalue weighted by atomic mass is 35.5. The molecule has 0 aromatic carbocycles. The minimum absolute atomic E-state index is 0.0246. The van der Waals surface area contributed by atoms with Gasteiger partial charge in [0.05, 0.1) is 12.4 Å². The Morgan fingerprint density at radius 2 is 1.83 bits per heavy atom. The van der Waals surface area contributed by atoms with Gasteiger partial charge < -0.3 is 18.9 Å². The molecule has 13 heteroatoms. The van der Waals surface area contributed by atoms with Gasteiger partial charge in [-0.15, -0.1) is 0 Å². The van der Waals surface area contributed by atoms with Crippen molar-refractivity contribution in [2.24, 2.45) is 0 Å². The molecule has 1 fully saturated rings. The van der Waals surface area contributed by atoms with Crippen LogP contribution in [0.25, 0.3) is 11.2 Å². The average molecular weight is 461 g/mol. The predicted octanol–water partition coefficient (Wildman–Crippen LogP) is 1.85. The van der Waals surface area contributed by atoms with Crippen molar-refractivity contribution in [3.8, 4) is 0 Å². The standard InChI is InChI=1S/C17H18Cl2N4O7/c1-7(24)27-5-10-4-11(28-8(2)25)13(29-9(3)26)16(30-10)23-6-20-12-14(18)21-17(19)22-15(12)23/h6,10-11,13,16H,4-5H2,1-3H3/t10?,11?,13-,16?/m1/s1. The summed E-state index contributed by atoms with van der Waals surface area (Å²) in [6.07, 6.45) is -2.12. The van der Waals surface area contributed by atoms with E-state index in [1.54, 1.807) is 0 Å². The lowest BCUT2D eigenvalue weighted by Gasteiger charge is -2.40. The number of rotatable bonds is 5. The molecule has 0 amide bonds. The summed E-state index contributed by atoms with van der Waals surface area (Å²) in [5.74, 6) is -1.69. The summed E-state index contributed by atoms with van der Waals surface area (Å²) in [5.41, 5.74) is 0.467. The van der Waals surface area contributed by atoms with Crippen LogP contribution in [0.15, 0.2) is 6.33 Å². The second kappa shape index (κ2) is 9.11. The minimum atomic E-state index is -1.04. The zero-order valence-electron chi connectivity index (χ0n) is 16.2. The third-order valence-corrected chi connectivity index (χ3v) is 4.62. The molecule has 11 nitrogen and oxygen atoms in total. The summed E-state index contributed by atoms with van der Waals surface area (Å²) in [6, 6.07) is 0. The molecule has 3 heterocycles. The zero-order chi connectivity index (χ0) is 22.0. The van der Waals surface area contributed by atoms with Gasteiger partial charge in [0, 0.05) is 27.2 Å². The van der Waals surface area contributed by atoms with Crippen molar-refractivity contribution >= 4 is 52.3 Å². The molecule has 0 spiro atoms. The first-order valence-electron chi connectivity index (χ1n) is 8.84. The molecule has 0 saturated carbocycles. The van der Waals surface area contributed by atoms with Crippen molar-refractivity contribution in [1.82, 2.24) is 19.5 Å². The second-order valence-electron chi connectivity index (χ2n) is 6.52. The van der Waals surface area contributed by atoms with Crippen molar-refractivity contribution in [1.29, 1.82) is 0 Å². The highest BCUT2D eigenvalue weighted by Crippen LogP contribution is 2.35. The Kier molecular flexibility index (Phi) is 6.74. The van der Waals surface area contributed by atoms with Gasteiger partial charge in [-0.25, -0.2) is 9.97 Å². The molecule has 1 aliphatic rings. The molecule has 2 aromatic heterocycles.